The van der Waals surface area contributed by atoms with Gasteiger partial charge in [0.1, 0.15) is 0 Å². The van der Waals surface area contributed by atoms with Crippen LogP contribution >= 0.6 is 34.2 Å². The standard InChI is InChI=1S/C12H11ClINO/c13-9-5-6-11(10(14)7-9)15-12(16)8-3-1-2-4-8/h1-2,5-8H,3-4H2,(H,15,16). The van der Waals surface area contributed by atoms with Gasteiger partial charge in [0.15, 0.2) is 0 Å². The van der Waals surface area contributed by atoms with E-state index in [-0.39, 0.29) is 11.8 Å². The third kappa shape index (κ3) is 2.77. The fourth-order valence-corrected chi connectivity index (χ4v) is 2.66. The first-order chi connectivity index (χ1) is 7.66. The normalized spacial score (nSPS) is 15.4. The number of halogens is 2. The molecular weight excluding hydrogens is 336 g/mol. The Morgan fingerprint density at radius 1 is 1.38 bits per heavy atom. The van der Waals surface area contributed by atoms with Gasteiger partial charge >= 0.3 is 0 Å². The van der Waals surface area contributed by atoms with E-state index >= 15 is 0 Å². The number of nitrogens with one attached hydrogen (secondary N) is 1. The minimum Gasteiger partial charge on any atom is -0.325 e. The van der Waals surface area contributed by atoms with Crippen molar-refractivity contribution in [1.82, 2.24) is 0 Å². The van der Waals surface area contributed by atoms with Crippen molar-refractivity contribution in [2.75, 3.05) is 5.32 Å². The summed E-state index contributed by atoms with van der Waals surface area (Å²) in [6.45, 7) is 0. The summed E-state index contributed by atoms with van der Waals surface area (Å²) in [4.78, 5) is 11.9. The fourth-order valence-electron chi connectivity index (χ4n) is 1.66. The molecule has 16 heavy (non-hydrogen) atoms. The maximum Gasteiger partial charge on any atom is 0.228 e. The number of hydrogen-bond donors (Lipinski definition) is 1. The average Bonchev–Trinajstić information content (AvgIpc) is 2.75. The molecular formula is C12H11ClINO. The monoisotopic (exact) mass is 347 g/mol. The van der Waals surface area contributed by atoms with Gasteiger partial charge in [-0.15, -0.1) is 0 Å². The van der Waals surface area contributed by atoms with Crippen LogP contribution in [0.2, 0.25) is 5.02 Å². The van der Waals surface area contributed by atoms with E-state index in [1.54, 1.807) is 6.07 Å². The van der Waals surface area contributed by atoms with Crippen molar-refractivity contribution in [2.24, 2.45) is 5.92 Å². The first-order valence-corrected chi connectivity index (χ1v) is 6.53. The number of benzene rings is 1. The van der Waals surface area contributed by atoms with E-state index in [9.17, 15) is 4.79 Å². The van der Waals surface area contributed by atoms with Crippen molar-refractivity contribution in [1.29, 1.82) is 0 Å². The van der Waals surface area contributed by atoms with Crippen LogP contribution in [0.1, 0.15) is 12.8 Å². The van der Waals surface area contributed by atoms with Crippen molar-refractivity contribution in [3.05, 3.63) is 38.9 Å². The molecule has 1 aromatic rings. The Bertz CT molecular complexity index is 437. The first-order valence-electron chi connectivity index (χ1n) is 5.08. The van der Waals surface area contributed by atoms with Crippen molar-refractivity contribution >= 4 is 45.8 Å². The molecule has 1 aliphatic carbocycles. The molecule has 1 aliphatic rings. The smallest absolute Gasteiger partial charge is 0.228 e. The van der Waals surface area contributed by atoms with Crippen LogP contribution in [0.25, 0.3) is 0 Å². The van der Waals surface area contributed by atoms with E-state index in [2.05, 4.69) is 40.1 Å². The molecule has 0 atom stereocenters. The van der Waals surface area contributed by atoms with Crippen LogP contribution in [0.3, 0.4) is 0 Å². The Morgan fingerprint density at radius 2 is 2.06 bits per heavy atom. The Labute approximate surface area is 113 Å². The lowest BCUT2D eigenvalue weighted by Crippen LogP contribution is -2.21. The van der Waals surface area contributed by atoms with E-state index in [0.29, 0.717) is 5.02 Å². The summed E-state index contributed by atoms with van der Waals surface area (Å²) in [5, 5.41) is 3.62. The Hall–Kier alpha value is -0.550. The number of hydrogen-bond acceptors (Lipinski definition) is 1. The quantitative estimate of drug-likeness (QED) is 0.639. The minimum atomic E-state index is 0.0882. The second kappa shape index (κ2) is 5.19. The third-order valence-corrected chi connectivity index (χ3v) is 3.70. The van der Waals surface area contributed by atoms with Crippen LogP contribution in [-0.4, -0.2) is 5.91 Å². The second-order valence-corrected chi connectivity index (χ2v) is 5.35. The molecule has 0 aliphatic heterocycles. The highest BCUT2D eigenvalue weighted by molar-refractivity contribution is 14.1. The SMILES string of the molecule is O=C(Nc1ccc(Cl)cc1I)C1CC=CC1. The molecule has 2 nitrogen and oxygen atoms in total. The van der Waals surface area contributed by atoms with Gasteiger partial charge in [0.05, 0.1) is 5.69 Å². The number of carbonyl (C=O) groups is 1. The molecule has 2 rings (SSSR count). The fraction of sp³-hybridized carbons (Fsp3) is 0.250. The number of carbonyl (C=O) groups excluding carboxylic acids is 1. The highest BCUT2D eigenvalue weighted by Crippen LogP contribution is 2.25. The highest BCUT2D eigenvalue weighted by atomic mass is 127. The van der Waals surface area contributed by atoms with Crippen LogP contribution in [0.5, 0.6) is 0 Å². The minimum absolute atomic E-state index is 0.0882. The molecule has 1 N–H and O–H groups in total. The summed E-state index contributed by atoms with van der Waals surface area (Å²) in [5.41, 5.74) is 0.835. The lowest BCUT2D eigenvalue weighted by atomic mass is 10.1. The van der Waals surface area contributed by atoms with Crippen LogP contribution in [0, 0.1) is 9.49 Å². The molecule has 0 bridgehead atoms. The van der Waals surface area contributed by atoms with Crippen LogP contribution < -0.4 is 5.32 Å². The van der Waals surface area contributed by atoms with Crippen molar-refractivity contribution in [3.63, 3.8) is 0 Å². The zero-order valence-corrected chi connectivity index (χ0v) is 11.5. The van der Waals surface area contributed by atoms with Crippen LogP contribution in [0.4, 0.5) is 5.69 Å². The van der Waals surface area contributed by atoms with E-state index in [1.165, 1.54) is 0 Å². The van der Waals surface area contributed by atoms with Crippen molar-refractivity contribution in [3.8, 4) is 0 Å². The molecule has 0 saturated carbocycles. The molecule has 0 spiro atoms. The molecule has 84 valence electrons. The second-order valence-electron chi connectivity index (χ2n) is 3.75. The summed E-state index contributed by atoms with van der Waals surface area (Å²) in [5.74, 6) is 0.178. The summed E-state index contributed by atoms with van der Waals surface area (Å²) < 4.78 is 0.962. The van der Waals surface area contributed by atoms with Gasteiger partial charge in [-0.05, 0) is 53.6 Å². The first kappa shape index (κ1) is 11.9. The van der Waals surface area contributed by atoms with Crippen molar-refractivity contribution < 1.29 is 4.79 Å². The summed E-state index contributed by atoms with van der Waals surface area (Å²) >= 11 is 8.02. The van der Waals surface area contributed by atoms with Gasteiger partial charge in [-0.25, -0.2) is 0 Å². The van der Waals surface area contributed by atoms with Crippen LogP contribution in [0.15, 0.2) is 30.4 Å². The number of anilines is 1. The van der Waals surface area contributed by atoms with Gasteiger partial charge in [-0.1, -0.05) is 23.8 Å². The Balaban J connectivity index is 2.06. The lowest BCUT2D eigenvalue weighted by Gasteiger charge is -2.11. The molecule has 1 aromatic carbocycles. The zero-order valence-electron chi connectivity index (χ0n) is 8.54. The van der Waals surface area contributed by atoms with Gasteiger partial charge in [0, 0.05) is 14.5 Å². The number of rotatable bonds is 2. The summed E-state index contributed by atoms with van der Waals surface area (Å²) in [6, 6.07) is 5.46. The largest absolute Gasteiger partial charge is 0.325 e. The van der Waals surface area contributed by atoms with Gasteiger partial charge in [-0.2, -0.15) is 0 Å². The number of allylic oxidation sites excluding steroid dienone is 2. The maximum atomic E-state index is 11.9. The van der Waals surface area contributed by atoms with E-state index in [1.807, 2.05) is 12.1 Å². The molecule has 0 saturated heterocycles. The molecule has 0 fully saturated rings. The molecule has 0 radical (unpaired) electrons. The third-order valence-electron chi connectivity index (χ3n) is 2.57. The van der Waals surface area contributed by atoms with E-state index in [4.69, 9.17) is 11.6 Å². The molecule has 1 amide bonds. The summed E-state index contributed by atoms with van der Waals surface area (Å²) in [6.07, 6.45) is 5.79. The van der Waals surface area contributed by atoms with Gasteiger partial charge < -0.3 is 5.32 Å². The zero-order chi connectivity index (χ0) is 11.5. The summed E-state index contributed by atoms with van der Waals surface area (Å²) in [7, 11) is 0. The van der Waals surface area contributed by atoms with Gasteiger partial charge in [-0.3, -0.25) is 4.79 Å². The predicted molar refractivity (Wildman–Crippen MR) is 74.7 cm³/mol. The van der Waals surface area contributed by atoms with Gasteiger partial charge in [0.2, 0.25) is 5.91 Å². The molecule has 0 aromatic heterocycles. The topological polar surface area (TPSA) is 29.1 Å². The molecule has 0 unspecified atom stereocenters. The van der Waals surface area contributed by atoms with E-state index < -0.39 is 0 Å². The van der Waals surface area contributed by atoms with Gasteiger partial charge in [0.25, 0.3) is 0 Å². The molecule has 0 heterocycles. The Kier molecular flexibility index (Phi) is 3.86. The predicted octanol–water partition coefficient (Wildman–Crippen LogP) is 3.85. The molecule has 4 heteroatoms. The van der Waals surface area contributed by atoms with Crippen LogP contribution in [-0.2, 0) is 4.79 Å². The average molecular weight is 348 g/mol. The van der Waals surface area contributed by atoms with Crippen molar-refractivity contribution in [2.45, 2.75) is 12.8 Å². The lowest BCUT2D eigenvalue weighted by molar-refractivity contribution is -0.119. The Morgan fingerprint density at radius 3 is 2.69 bits per heavy atom. The van der Waals surface area contributed by atoms with E-state index in [0.717, 1.165) is 22.1 Å². The number of amides is 1. The maximum absolute atomic E-state index is 11.9. The highest BCUT2D eigenvalue weighted by Gasteiger charge is 2.19.